The summed E-state index contributed by atoms with van der Waals surface area (Å²) in [5.74, 6) is -1.92. The first-order valence-corrected chi connectivity index (χ1v) is 15.4. The molecule has 0 spiro atoms. The van der Waals surface area contributed by atoms with Gasteiger partial charge in [-0.1, -0.05) is 54.0 Å². The normalized spacial score (nSPS) is 18.8. The van der Waals surface area contributed by atoms with Crippen LogP contribution in [0.3, 0.4) is 0 Å². The summed E-state index contributed by atoms with van der Waals surface area (Å²) in [5, 5.41) is 11.8. The van der Waals surface area contributed by atoms with Crippen molar-refractivity contribution in [2.75, 3.05) is 44.7 Å². The van der Waals surface area contributed by atoms with Crippen LogP contribution < -0.4 is 9.64 Å². The number of benzene rings is 3. The van der Waals surface area contributed by atoms with Crippen molar-refractivity contribution in [3.05, 3.63) is 70.7 Å². The Bertz CT molecular complexity index is 1870. The predicted molar refractivity (Wildman–Crippen MR) is 172 cm³/mol. The van der Waals surface area contributed by atoms with Gasteiger partial charge in [-0.2, -0.15) is 15.2 Å². The van der Waals surface area contributed by atoms with Crippen LogP contribution in [0.15, 0.2) is 54.9 Å². The van der Waals surface area contributed by atoms with E-state index in [0.29, 0.717) is 51.4 Å². The number of anilines is 1. The number of nitrogens with zero attached hydrogens (tertiary/aromatic N) is 6. The van der Waals surface area contributed by atoms with Crippen LogP contribution in [0.1, 0.15) is 19.3 Å². The molecule has 0 radical (unpaired) electrons. The van der Waals surface area contributed by atoms with Crippen LogP contribution in [-0.2, 0) is 4.79 Å². The van der Waals surface area contributed by atoms with Crippen molar-refractivity contribution in [3.8, 4) is 23.2 Å². The second kappa shape index (κ2) is 12.8. The molecule has 3 aromatic carbocycles. The molecule has 232 valence electrons. The number of hydrogen-bond acceptors (Lipinski definition) is 7. The number of aromatic nitrogens is 2. The molecule has 2 fully saturated rings. The summed E-state index contributed by atoms with van der Waals surface area (Å²) in [4.78, 5) is 27.6. The maximum Gasteiger partial charge on any atom is 0.319 e. The number of carbonyl (C=O) groups excluding carboxylic acids is 1. The van der Waals surface area contributed by atoms with Crippen molar-refractivity contribution in [3.63, 3.8) is 0 Å². The quantitative estimate of drug-likeness (QED) is 0.204. The molecule has 3 heterocycles. The van der Waals surface area contributed by atoms with E-state index in [9.17, 15) is 18.8 Å². The monoisotopic (exact) mass is 650 g/mol. The van der Waals surface area contributed by atoms with Crippen LogP contribution in [0.2, 0.25) is 10.0 Å². The zero-order chi connectivity index (χ0) is 31.8. The molecule has 0 saturated carbocycles. The van der Waals surface area contributed by atoms with E-state index in [1.54, 1.807) is 12.1 Å². The maximum absolute atomic E-state index is 14.6. The molecule has 2 atom stereocenters. The zero-order valence-corrected chi connectivity index (χ0v) is 26.1. The number of halogens is 4. The van der Waals surface area contributed by atoms with Gasteiger partial charge in [-0.15, -0.1) is 0 Å². The minimum absolute atomic E-state index is 0.000686. The van der Waals surface area contributed by atoms with E-state index in [2.05, 4.69) is 24.6 Å². The Labute approximate surface area is 269 Å². The van der Waals surface area contributed by atoms with Gasteiger partial charge in [-0.25, -0.2) is 8.78 Å². The first-order chi connectivity index (χ1) is 21.7. The number of amides is 1. The third-order valence-electron chi connectivity index (χ3n) is 8.65. The van der Waals surface area contributed by atoms with Crippen molar-refractivity contribution in [1.82, 2.24) is 19.8 Å². The molecule has 0 N–H and O–H groups in total. The van der Waals surface area contributed by atoms with Gasteiger partial charge in [0.25, 0.3) is 5.91 Å². The van der Waals surface area contributed by atoms with Crippen molar-refractivity contribution < 1.29 is 18.3 Å². The van der Waals surface area contributed by atoms with Crippen LogP contribution in [0.5, 0.6) is 6.01 Å². The predicted octanol–water partition coefficient (Wildman–Crippen LogP) is 6.78. The fraction of sp³-hybridized carbons (Fsp3) is 0.333. The number of hydrogen-bond donors (Lipinski definition) is 0. The lowest BCUT2D eigenvalue weighted by Crippen LogP contribution is -2.55. The topological polar surface area (TPSA) is 85.6 Å². The summed E-state index contributed by atoms with van der Waals surface area (Å²) < 4.78 is 34.6. The molecule has 45 heavy (non-hydrogen) atoms. The number of piperazine rings is 1. The van der Waals surface area contributed by atoms with E-state index in [4.69, 9.17) is 37.9 Å². The van der Waals surface area contributed by atoms with Crippen molar-refractivity contribution in [1.29, 1.82) is 5.26 Å². The second-order valence-electron chi connectivity index (χ2n) is 11.4. The average molecular weight is 652 g/mol. The summed E-state index contributed by atoms with van der Waals surface area (Å²) >= 11 is 13.4. The van der Waals surface area contributed by atoms with Gasteiger partial charge in [-0.05, 0) is 55.6 Å². The van der Waals surface area contributed by atoms with E-state index >= 15 is 0 Å². The third kappa shape index (κ3) is 6.00. The molecular formula is C33H30Cl2F2N6O2. The Hall–Kier alpha value is -4.04. The molecule has 0 unspecified atom stereocenters. The Morgan fingerprint density at radius 2 is 1.96 bits per heavy atom. The first kappa shape index (κ1) is 31.0. The van der Waals surface area contributed by atoms with Gasteiger partial charge < -0.3 is 19.4 Å². The van der Waals surface area contributed by atoms with Gasteiger partial charge >= 0.3 is 6.01 Å². The zero-order valence-electron chi connectivity index (χ0n) is 24.6. The summed E-state index contributed by atoms with van der Waals surface area (Å²) in [7, 11) is 2.06. The molecule has 12 heteroatoms. The lowest BCUT2D eigenvalue weighted by atomic mass is 9.97. The first-order valence-electron chi connectivity index (χ1n) is 14.6. The van der Waals surface area contributed by atoms with Crippen LogP contribution >= 0.6 is 23.2 Å². The van der Waals surface area contributed by atoms with Gasteiger partial charge in [0.1, 0.15) is 18.2 Å². The van der Waals surface area contributed by atoms with Gasteiger partial charge in [0.05, 0.1) is 29.1 Å². The number of likely N-dealkylation sites (N-methyl/N-ethyl adjacent to an activating group) is 1. The highest BCUT2D eigenvalue weighted by Gasteiger charge is 2.33. The molecule has 0 bridgehead atoms. The van der Waals surface area contributed by atoms with Crippen LogP contribution in [0.25, 0.3) is 32.8 Å². The van der Waals surface area contributed by atoms with E-state index in [1.807, 2.05) is 29.2 Å². The fourth-order valence-corrected chi connectivity index (χ4v) is 6.81. The number of likely N-dealkylation sites (tertiary alicyclic amines) is 1. The highest BCUT2D eigenvalue weighted by Crippen LogP contribution is 2.41. The lowest BCUT2D eigenvalue weighted by molar-refractivity contribution is -0.131. The Balaban J connectivity index is 1.46. The summed E-state index contributed by atoms with van der Waals surface area (Å²) in [6.07, 6.45) is 2.08. The molecule has 2 aliphatic rings. The SMILES string of the molecule is C=C(F)C(=O)N1CCN(c2nc(OC[C@@H]3CCCN3C)nc3cc(-c4cccc5ccc(F)c(Cl)c45)c(Cl)cc23)C[C@@H]1CC#N. The Morgan fingerprint density at radius 3 is 2.69 bits per heavy atom. The molecule has 8 nitrogen and oxygen atoms in total. The molecule has 0 aliphatic carbocycles. The van der Waals surface area contributed by atoms with Gasteiger partial charge in [0.2, 0.25) is 0 Å². The third-order valence-corrected chi connectivity index (χ3v) is 9.33. The largest absolute Gasteiger partial charge is 0.462 e. The van der Waals surface area contributed by atoms with E-state index in [0.717, 1.165) is 24.8 Å². The Kier molecular flexibility index (Phi) is 8.78. The highest BCUT2D eigenvalue weighted by molar-refractivity contribution is 6.38. The summed E-state index contributed by atoms with van der Waals surface area (Å²) in [6.45, 7) is 5.24. The van der Waals surface area contributed by atoms with E-state index in [-0.39, 0.29) is 36.6 Å². The number of ether oxygens (including phenoxy) is 1. The molecule has 2 saturated heterocycles. The Morgan fingerprint density at radius 1 is 1.13 bits per heavy atom. The summed E-state index contributed by atoms with van der Waals surface area (Å²) in [5.41, 5.74) is 1.78. The molecule has 1 aromatic heterocycles. The highest BCUT2D eigenvalue weighted by atomic mass is 35.5. The van der Waals surface area contributed by atoms with E-state index in [1.165, 1.54) is 11.0 Å². The number of fused-ring (bicyclic) bond motifs is 2. The van der Waals surface area contributed by atoms with Crippen molar-refractivity contribution in [2.45, 2.75) is 31.3 Å². The van der Waals surface area contributed by atoms with E-state index < -0.39 is 23.6 Å². The van der Waals surface area contributed by atoms with Crippen LogP contribution in [-0.4, -0.2) is 77.6 Å². The molecular weight excluding hydrogens is 621 g/mol. The molecule has 2 aliphatic heterocycles. The molecule has 4 aromatic rings. The van der Waals surface area contributed by atoms with Gasteiger partial charge in [0.15, 0.2) is 5.83 Å². The average Bonchev–Trinajstić information content (AvgIpc) is 3.45. The van der Waals surface area contributed by atoms with Gasteiger partial charge in [-0.3, -0.25) is 4.79 Å². The fourth-order valence-electron chi connectivity index (χ4n) is 6.27. The minimum atomic E-state index is -1.07. The van der Waals surface area contributed by atoms with Gasteiger partial charge in [0, 0.05) is 47.0 Å². The number of rotatable bonds is 7. The van der Waals surface area contributed by atoms with Crippen LogP contribution in [0, 0.1) is 17.1 Å². The number of carbonyl (C=O) groups is 1. The summed E-state index contributed by atoms with van der Waals surface area (Å²) in [6, 6.07) is 14.0. The maximum atomic E-state index is 14.6. The molecule has 1 amide bonds. The number of nitriles is 1. The minimum Gasteiger partial charge on any atom is -0.462 e. The van der Waals surface area contributed by atoms with Crippen molar-refractivity contribution in [2.24, 2.45) is 0 Å². The van der Waals surface area contributed by atoms with Crippen molar-refractivity contribution >= 4 is 56.6 Å². The van der Waals surface area contributed by atoms with Crippen LogP contribution in [0.4, 0.5) is 14.6 Å². The second-order valence-corrected chi connectivity index (χ2v) is 12.2. The lowest BCUT2D eigenvalue weighted by Gasteiger charge is -2.41. The smallest absolute Gasteiger partial charge is 0.319 e. The standard InChI is InChI=1S/C33H30Cl2F2N6O2/c1-19(36)32(44)43-14-13-42(17-21(43)10-11-38)31-25-15-26(34)24(23-7-3-5-20-8-9-27(37)30(35)29(20)23)16-28(25)39-33(40-31)45-18-22-6-4-12-41(22)2/h3,5,7-9,15-16,21-22H,1,4,6,10,12-14,17-18H2,2H3/t21-,22-/m0/s1. The molecule has 6 rings (SSSR count).